The molecule has 0 saturated carbocycles. The quantitative estimate of drug-likeness (QED) is 0.520. The van der Waals surface area contributed by atoms with Gasteiger partial charge in [0.1, 0.15) is 5.76 Å². The summed E-state index contributed by atoms with van der Waals surface area (Å²) in [6, 6.07) is 7.86. The average molecular weight is 396 g/mol. The van der Waals surface area contributed by atoms with Crippen LogP contribution in [0.4, 0.5) is 0 Å². The maximum Gasteiger partial charge on any atom is 0.380 e. The summed E-state index contributed by atoms with van der Waals surface area (Å²) in [5, 5.41) is 0. The number of Topliss-reactive ketones (excluding diaryl/α,β-unsaturated/α-hetero) is 1. The number of carbonyl (C=O) groups excluding carboxylic acids is 1. The van der Waals surface area contributed by atoms with Gasteiger partial charge in [-0.3, -0.25) is 13.8 Å². The Labute approximate surface area is 162 Å². The Bertz CT molecular complexity index is 739. The second-order valence-corrected chi connectivity index (χ2v) is 10.3. The molecule has 1 atom stereocenters. The van der Waals surface area contributed by atoms with E-state index in [2.05, 4.69) is 13.8 Å². The van der Waals surface area contributed by atoms with Crippen molar-refractivity contribution >= 4 is 29.9 Å². The van der Waals surface area contributed by atoms with Crippen LogP contribution >= 0.6 is 6.72 Å². The maximum atomic E-state index is 13.0. The van der Waals surface area contributed by atoms with Crippen LogP contribution in [0.3, 0.4) is 0 Å². The summed E-state index contributed by atoms with van der Waals surface area (Å²) in [7, 11) is 0. The Morgan fingerprint density at radius 1 is 1.15 bits per heavy atom. The number of allylic oxidation sites excluding steroid dienone is 2. The van der Waals surface area contributed by atoms with Crippen molar-refractivity contribution in [3.05, 3.63) is 41.2 Å². The summed E-state index contributed by atoms with van der Waals surface area (Å²) in [6.07, 6.45) is 1.93. The van der Waals surface area contributed by atoms with Gasteiger partial charge >= 0.3 is 6.72 Å². The number of ketones is 1. The summed E-state index contributed by atoms with van der Waals surface area (Å²) in [4.78, 5) is 13.0. The predicted octanol–water partition coefficient (Wildman–Crippen LogP) is 5.80. The molecule has 0 N–H and O–H groups in total. The summed E-state index contributed by atoms with van der Waals surface area (Å²) in [6.45, 7) is 7.96. The van der Waals surface area contributed by atoms with Crippen LogP contribution in [0.1, 0.15) is 58.1 Å². The van der Waals surface area contributed by atoms with Crippen molar-refractivity contribution in [1.29, 1.82) is 0 Å². The van der Waals surface area contributed by atoms with Crippen LogP contribution in [0.5, 0.6) is 0 Å². The number of hydrogen-bond donors (Lipinski definition) is 0. The molecule has 0 amide bonds. The fourth-order valence-corrected chi connectivity index (χ4v) is 5.22. The van der Waals surface area contributed by atoms with E-state index < -0.39 is 6.72 Å². The highest BCUT2D eigenvalue weighted by Crippen LogP contribution is 2.55. The van der Waals surface area contributed by atoms with E-state index in [-0.39, 0.29) is 11.2 Å². The van der Waals surface area contributed by atoms with Crippen molar-refractivity contribution in [3.63, 3.8) is 0 Å². The van der Waals surface area contributed by atoms with Gasteiger partial charge in [-0.05, 0) is 36.8 Å². The largest absolute Gasteiger partial charge is 0.428 e. The van der Waals surface area contributed by atoms with Gasteiger partial charge in [-0.2, -0.15) is 0 Å². The van der Waals surface area contributed by atoms with E-state index >= 15 is 0 Å². The van der Waals surface area contributed by atoms with E-state index in [0.29, 0.717) is 37.4 Å². The van der Waals surface area contributed by atoms with Crippen LogP contribution in [0.25, 0.3) is 5.57 Å². The first-order chi connectivity index (χ1) is 12.2. The van der Waals surface area contributed by atoms with E-state index in [1.165, 1.54) is 0 Å². The minimum Gasteiger partial charge on any atom is -0.428 e. The van der Waals surface area contributed by atoms with Crippen molar-refractivity contribution in [2.24, 2.45) is 5.41 Å². The van der Waals surface area contributed by atoms with Gasteiger partial charge in [0.25, 0.3) is 0 Å². The van der Waals surface area contributed by atoms with Crippen molar-refractivity contribution in [2.45, 2.75) is 53.9 Å². The number of rotatable bonds is 8. The third kappa shape index (κ3) is 5.26. The number of benzene rings is 1. The van der Waals surface area contributed by atoms with Crippen molar-refractivity contribution in [3.8, 4) is 0 Å². The highest BCUT2D eigenvalue weighted by atomic mass is 32.5. The highest BCUT2D eigenvalue weighted by molar-refractivity contribution is 8.07. The molecule has 6 heteroatoms. The standard InChI is InChI=1S/C20H29O4PS/c1-6-12-23-25(26,22-7-2)24-18-14-20(4,5)13-17(21)19(18)16-11-9-8-10-15(16)3/h8-11H,6-7,12-14H2,1-5H3. The van der Waals surface area contributed by atoms with Crippen LogP contribution in [0.15, 0.2) is 30.0 Å². The second kappa shape index (κ2) is 8.79. The first-order valence-electron chi connectivity index (χ1n) is 9.12. The molecule has 4 nitrogen and oxygen atoms in total. The smallest absolute Gasteiger partial charge is 0.380 e. The maximum absolute atomic E-state index is 13.0. The SMILES string of the molecule is CCCOP(=S)(OCC)OC1=C(c2ccccc2C)C(=O)CC(C)(C)C1. The molecule has 0 spiro atoms. The molecule has 0 heterocycles. The molecule has 0 radical (unpaired) electrons. The highest BCUT2D eigenvalue weighted by Gasteiger charge is 2.37. The predicted molar refractivity (Wildman–Crippen MR) is 109 cm³/mol. The molecule has 0 aromatic heterocycles. The van der Waals surface area contributed by atoms with E-state index in [1.807, 2.05) is 45.0 Å². The Hall–Kier alpha value is -1.00. The second-order valence-electron chi connectivity index (χ2n) is 7.34. The van der Waals surface area contributed by atoms with Gasteiger partial charge in [0.05, 0.1) is 18.8 Å². The molecule has 0 bridgehead atoms. The third-order valence-electron chi connectivity index (χ3n) is 4.21. The fraction of sp³-hybridized carbons (Fsp3) is 0.550. The Morgan fingerprint density at radius 2 is 1.85 bits per heavy atom. The van der Waals surface area contributed by atoms with Crippen LogP contribution in [0.2, 0.25) is 0 Å². The lowest BCUT2D eigenvalue weighted by Crippen LogP contribution is -2.26. The topological polar surface area (TPSA) is 44.8 Å². The third-order valence-corrected chi connectivity index (χ3v) is 6.59. The first kappa shape index (κ1) is 21.3. The zero-order valence-corrected chi connectivity index (χ0v) is 18.0. The number of hydrogen-bond acceptors (Lipinski definition) is 5. The lowest BCUT2D eigenvalue weighted by molar-refractivity contribution is -0.116. The molecule has 26 heavy (non-hydrogen) atoms. The summed E-state index contributed by atoms with van der Waals surface area (Å²) >= 11 is 5.60. The van der Waals surface area contributed by atoms with E-state index in [9.17, 15) is 4.79 Å². The minimum atomic E-state index is -2.94. The Kier molecular flexibility index (Phi) is 7.20. The molecular weight excluding hydrogens is 367 g/mol. The summed E-state index contributed by atoms with van der Waals surface area (Å²) in [5.41, 5.74) is 2.37. The van der Waals surface area contributed by atoms with E-state index in [4.69, 9.17) is 25.4 Å². The van der Waals surface area contributed by atoms with Crippen LogP contribution in [-0.4, -0.2) is 19.0 Å². The van der Waals surface area contributed by atoms with Gasteiger partial charge < -0.3 is 4.52 Å². The first-order valence-corrected chi connectivity index (χ1v) is 11.7. The summed E-state index contributed by atoms with van der Waals surface area (Å²) < 4.78 is 17.7. The number of carbonyl (C=O) groups is 1. The van der Waals surface area contributed by atoms with Gasteiger partial charge in [0, 0.05) is 24.6 Å². The Morgan fingerprint density at radius 3 is 2.46 bits per heavy atom. The Balaban J connectivity index is 2.52. The number of aryl methyl sites for hydroxylation is 1. The molecule has 0 saturated heterocycles. The lowest BCUT2D eigenvalue weighted by atomic mass is 9.75. The van der Waals surface area contributed by atoms with Crippen LogP contribution in [-0.2, 0) is 30.2 Å². The van der Waals surface area contributed by atoms with Gasteiger partial charge in [0.2, 0.25) is 0 Å². The molecule has 1 unspecified atom stereocenters. The molecule has 1 aliphatic carbocycles. The lowest BCUT2D eigenvalue weighted by Gasteiger charge is -2.34. The molecule has 1 aromatic rings. The molecule has 1 aromatic carbocycles. The zero-order valence-electron chi connectivity index (χ0n) is 16.3. The molecule has 144 valence electrons. The van der Waals surface area contributed by atoms with Crippen molar-refractivity contribution in [1.82, 2.24) is 0 Å². The van der Waals surface area contributed by atoms with E-state index in [1.54, 1.807) is 0 Å². The zero-order chi connectivity index (χ0) is 19.4. The minimum absolute atomic E-state index is 0.0825. The van der Waals surface area contributed by atoms with Gasteiger partial charge in [-0.15, -0.1) is 0 Å². The normalized spacial score (nSPS) is 19.3. The molecule has 1 aliphatic rings. The van der Waals surface area contributed by atoms with Gasteiger partial charge in [0.15, 0.2) is 5.78 Å². The molecule has 0 fully saturated rings. The van der Waals surface area contributed by atoms with E-state index in [0.717, 1.165) is 17.5 Å². The molecular formula is C20H29O4PS. The summed E-state index contributed by atoms with van der Waals surface area (Å²) in [5.74, 6) is 0.688. The fourth-order valence-electron chi connectivity index (χ4n) is 3.08. The molecule has 2 rings (SSSR count). The van der Waals surface area contributed by atoms with Gasteiger partial charge in [-0.1, -0.05) is 45.0 Å². The average Bonchev–Trinajstić information content (AvgIpc) is 2.53. The van der Waals surface area contributed by atoms with Crippen molar-refractivity contribution < 1.29 is 18.4 Å². The van der Waals surface area contributed by atoms with Gasteiger partial charge in [-0.25, -0.2) is 0 Å². The molecule has 0 aliphatic heterocycles. The van der Waals surface area contributed by atoms with Crippen LogP contribution < -0.4 is 0 Å². The monoisotopic (exact) mass is 396 g/mol. The van der Waals surface area contributed by atoms with Crippen LogP contribution in [0, 0.1) is 12.3 Å². The van der Waals surface area contributed by atoms with Crippen molar-refractivity contribution in [2.75, 3.05) is 13.2 Å².